The van der Waals surface area contributed by atoms with Gasteiger partial charge in [0.25, 0.3) is 0 Å². The summed E-state index contributed by atoms with van der Waals surface area (Å²) in [6.07, 6.45) is 4.69. The van der Waals surface area contributed by atoms with Crippen molar-refractivity contribution in [2.24, 2.45) is 0 Å². The number of methoxy groups -OCH3 is 1. The second-order valence-corrected chi connectivity index (χ2v) is 4.82. The summed E-state index contributed by atoms with van der Waals surface area (Å²) in [6, 6.07) is 3.92. The van der Waals surface area contributed by atoms with E-state index >= 15 is 0 Å². The van der Waals surface area contributed by atoms with Crippen LogP contribution in [-0.4, -0.2) is 27.4 Å². The van der Waals surface area contributed by atoms with Gasteiger partial charge in [0.1, 0.15) is 5.69 Å². The van der Waals surface area contributed by atoms with Gasteiger partial charge in [-0.2, -0.15) is 5.10 Å². The number of carbonyl (C=O) groups is 1. The van der Waals surface area contributed by atoms with Crippen LogP contribution in [0, 0.1) is 0 Å². The fourth-order valence-corrected chi connectivity index (χ4v) is 2.01. The Balaban J connectivity index is 2.22. The van der Waals surface area contributed by atoms with Crippen LogP contribution in [0.1, 0.15) is 42.5 Å². The molecule has 0 saturated carbocycles. The largest absolute Gasteiger partial charge is 0.464 e. The highest BCUT2D eigenvalue weighted by Gasteiger charge is 2.14. The summed E-state index contributed by atoms with van der Waals surface area (Å²) in [5.74, 6) is -0.400. The molecular formula is C14H20N4O2. The van der Waals surface area contributed by atoms with E-state index in [-0.39, 0.29) is 0 Å². The maximum Gasteiger partial charge on any atom is 0.354 e. The monoisotopic (exact) mass is 276 g/mol. The first-order valence-corrected chi connectivity index (χ1v) is 6.63. The third-order valence-electron chi connectivity index (χ3n) is 3.35. The number of carbonyl (C=O) groups excluding carboxylic acids is 1. The second-order valence-electron chi connectivity index (χ2n) is 4.82. The molecule has 2 aromatic heterocycles. The van der Waals surface area contributed by atoms with Crippen LogP contribution >= 0.6 is 0 Å². The van der Waals surface area contributed by atoms with Gasteiger partial charge in [-0.25, -0.2) is 4.79 Å². The molecule has 0 aliphatic carbocycles. The zero-order chi connectivity index (χ0) is 14.7. The minimum absolute atomic E-state index is 0.360. The molecule has 108 valence electrons. The van der Waals surface area contributed by atoms with Crippen molar-refractivity contribution in [3.05, 3.63) is 35.9 Å². The van der Waals surface area contributed by atoms with Crippen molar-refractivity contribution in [1.29, 1.82) is 0 Å². The van der Waals surface area contributed by atoms with Crippen LogP contribution in [0.15, 0.2) is 24.5 Å². The van der Waals surface area contributed by atoms with Crippen molar-refractivity contribution in [1.82, 2.24) is 14.3 Å². The lowest BCUT2D eigenvalue weighted by atomic mass is 10.3. The fraction of sp³-hybridized carbons (Fsp3) is 0.429. The Kier molecular flexibility index (Phi) is 4.12. The molecule has 0 fully saturated rings. The zero-order valence-corrected chi connectivity index (χ0v) is 12.0. The van der Waals surface area contributed by atoms with E-state index in [4.69, 9.17) is 10.5 Å². The smallest absolute Gasteiger partial charge is 0.354 e. The molecule has 6 heteroatoms. The maximum atomic E-state index is 11.7. The van der Waals surface area contributed by atoms with Gasteiger partial charge in [0, 0.05) is 18.4 Å². The molecule has 0 aromatic carbocycles. The highest BCUT2D eigenvalue weighted by atomic mass is 16.5. The minimum atomic E-state index is -0.400. The summed E-state index contributed by atoms with van der Waals surface area (Å²) >= 11 is 0. The van der Waals surface area contributed by atoms with Gasteiger partial charge < -0.3 is 15.0 Å². The van der Waals surface area contributed by atoms with Crippen LogP contribution < -0.4 is 5.73 Å². The predicted molar refractivity (Wildman–Crippen MR) is 76.5 cm³/mol. The van der Waals surface area contributed by atoms with E-state index in [9.17, 15) is 4.79 Å². The molecule has 0 aliphatic rings. The molecule has 1 atom stereocenters. The van der Waals surface area contributed by atoms with E-state index in [2.05, 4.69) is 18.9 Å². The molecule has 2 heterocycles. The van der Waals surface area contributed by atoms with E-state index < -0.39 is 5.97 Å². The summed E-state index contributed by atoms with van der Waals surface area (Å²) in [5.41, 5.74) is 7.59. The highest BCUT2D eigenvalue weighted by molar-refractivity contribution is 5.89. The lowest BCUT2D eigenvalue weighted by molar-refractivity contribution is 0.0589. The molecule has 2 rings (SSSR count). The van der Waals surface area contributed by atoms with Gasteiger partial charge in [0.15, 0.2) is 0 Å². The summed E-state index contributed by atoms with van der Waals surface area (Å²) in [7, 11) is 1.35. The Morgan fingerprint density at radius 2 is 2.30 bits per heavy atom. The standard InChI is InChI=1S/C14H20N4O2/c1-4-10(2)18-6-5-12(16-18)9-17-8-11(15)7-13(17)14(19)20-3/h5-8,10H,4,9,15H2,1-3H3. The van der Waals surface area contributed by atoms with Gasteiger partial charge in [-0.1, -0.05) is 6.92 Å². The van der Waals surface area contributed by atoms with Crippen molar-refractivity contribution < 1.29 is 9.53 Å². The van der Waals surface area contributed by atoms with Crippen molar-refractivity contribution in [2.45, 2.75) is 32.9 Å². The first kappa shape index (κ1) is 14.2. The van der Waals surface area contributed by atoms with Crippen LogP contribution in [0.5, 0.6) is 0 Å². The Labute approximate surface area is 118 Å². The molecule has 20 heavy (non-hydrogen) atoms. The van der Waals surface area contributed by atoms with Crippen LogP contribution in [0.3, 0.4) is 0 Å². The SMILES string of the molecule is CCC(C)n1ccc(Cn2cc(N)cc2C(=O)OC)n1. The molecule has 1 unspecified atom stereocenters. The number of nitrogens with two attached hydrogens (primary N) is 1. The fourth-order valence-electron chi connectivity index (χ4n) is 2.01. The molecular weight excluding hydrogens is 256 g/mol. The molecule has 0 radical (unpaired) electrons. The predicted octanol–water partition coefficient (Wildman–Crippen LogP) is 2.07. The van der Waals surface area contributed by atoms with Gasteiger partial charge >= 0.3 is 5.97 Å². The van der Waals surface area contributed by atoms with Gasteiger partial charge in [0.2, 0.25) is 0 Å². The third-order valence-corrected chi connectivity index (χ3v) is 3.35. The Bertz CT molecular complexity index is 600. The van der Waals surface area contributed by atoms with Crippen molar-refractivity contribution >= 4 is 11.7 Å². The minimum Gasteiger partial charge on any atom is -0.464 e. The normalized spacial score (nSPS) is 12.3. The molecule has 0 aliphatic heterocycles. The maximum absolute atomic E-state index is 11.7. The molecule has 0 amide bonds. The summed E-state index contributed by atoms with van der Waals surface area (Å²) in [4.78, 5) is 11.7. The third kappa shape index (κ3) is 2.84. The molecule has 0 bridgehead atoms. The summed E-state index contributed by atoms with van der Waals surface area (Å²) in [5, 5.41) is 4.51. The van der Waals surface area contributed by atoms with Crippen LogP contribution in [-0.2, 0) is 11.3 Å². The van der Waals surface area contributed by atoms with Crippen LogP contribution in [0.4, 0.5) is 5.69 Å². The quantitative estimate of drug-likeness (QED) is 0.848. The molecule has 0 saturated heterocycles. The second kappa shape index (κ2) is 5.81. The summed E-state index contributed by atoms with van der Waals surface area (Å²) in [6.45, 7) is 4.73. The molecule has 2 N–H and O–H groups in total. The van der Waals surface area contributed by atoms with Gasteiger partial charge in [-0.05, 0) is 25.5 Å². The first-order chi connectivity index (χ1) is 9.55. The zero-order valence-electron chi connectivity index (χ0n) is 12.0. The van der Waals surface area contributed by atoms with E-state index in [0.717, 1.165) is 12.1 Å². The summed E-state index contributed by atoms with van der Waals surface area (Å²) < 4.78 is 8.43. The average Bonchev–Trinajstić information content (AvgIpc) is 3.04. The number of rotatable bonds is 5. The van der Waals surface area contributed by atoms with Gasteiger partial charge in [-0.3, -0.25) is 4.68 Å². The number of anilines is 1. The lowest BCUT2D eigenvalue weighted by Crippen LogP contribution is -2.11. The van der Waals surface area contributed by atoms with Gasteiger partial charge in [-0.15, -0.1) is 0 Å². The van der Waals surface area contributed by atoms with Gasteiger partial charge in [0.05, 0.1) is 25.0 Å². The number of nitrogen functional groups attached to an aromatic ring is 1. The number of nitrogens with zero attached hydrogens (tertiary/aromatic N) is 3. The Morgan fingerprint density at radius 3 is 2.95 bits per heavy atom. The number of hydrogen-bond acceptors (Lipinski definition) is 4. The topological polar surface area (TPSA) is 75.1 Å². The number of hydrogen-bond donors (Lipinski definition) is 1. The van der Waals surface area contributed by atoms with Crippen LogP contribution in [0.2, 0.25) is 0 Å². The van der Waals surface area contributed by atoms with Crippen LogP contribution in [0.25, 0.3) is 0 Å². The Morgan fingerprint density at radius 1 is 1.55 bits per heavy atom. The van der Waals surface area contributed by atoms with E-state index in [1.807, 2.05) is 16.9 Å². The lowest BCUT2D eigenvalue weighted by Gasteiger charge is -2.09. The Hall–Kier alpha value is -2.24. The number of esters is 1. The molecule has 2 aromatic rings. The number of ether oxygens (including phenoxy) is 1. The number of aromatic nitrogens is 3. The van der Waals surface area contributed by atoms with Crippen molar-refractivity contribution in [2.75, 3.05) is 12.8 Å². The van der Waals surface area contributed by atoms with Crippen molar-refractivity contribution in [3.63, 3.8) is 0 Å². The highest BCUT2D eigenvalue weighted by Crippen LogP contribution is 2.15. The molecule has 0 spiro atoms. The first-order valence-electron chi connectivity index (χ1n) is 6.63. The average molecular weight is 276 g/mol. The van der Waals surface area contributed by atoms with E-state index in [0.29, 0.717) is 24.0 Å². The molecule has 6 nitrogen and oxygen atoms in total. The van der Waals surface area contributed by atoms with E-state index in [1.165, 1.54) is 7.11 Å². The van der Waals surface area contributed by atoms with Crippen molar-refractivity contribution in [3.8, 4) is 0 Å². The van der Waals surface area contributed by atoms with E-state index in [1.54, 1.807) is 16.8 Å².